The van der Waals surface area contributed by atoms with E-state index in [1.807, 2.05) is 0 Å². The van der Waals surface area contributed by atoms with Gasteiger partial charge in [0, 0.05) is 20.1 Å². The fraction of sp³-hybridized carbons (Fsp3) is 0.889. The minimum Gasteiger partial charge on any atom is -0.358 e. The molecule has 1 heterocycles. The van der Waals surface area contributed by atoms with Gasteiger partial charge < -0.3 is 11.1 Å². The molecule has 1 unspecified atom stereocenters. The van der Waals surface area contributed by atoms with Crippen LogP contribution in [0.25, 0.3) is 0 Å². The highest BCUT2D eigenvalue weighted by Crippen LogP contribution is 2.16. The Bertz CT molecular complexity index is 170. The lowest BCUT2D eigenvalue weighted by Crippen LogP contribution is -2.50. The predicted octanol–water partition coefficient (Wildman–Crippen LogP) is -0.454. The van der Waals surface area contributed by atoms with Crippen LogP contribution in [0.3, 0.4) is 0 Å². The number of amides is 1. The molecule has 0 spiro atoms. The molecule has 0 saturated carbocycles. The molecule has 1 aliphatic rings. The molecular formula is C9H19N3O. The molecule has 1 rings (SSSR count). The number of likely N-dealkylation sites (tertiary alicyclic amines) is 1. The van der Waals surface area contributed by atoms with E-state index in [9.17, 15) is 4.79 Å². The van der Waals surface area contributed by atoms with E-state index in [4.69, 9.17) is 5.73 Å². The summed E-state index contributed by atoms with van der Waals surface area (Å²) in [4.78, 5) is 13.6. The Morgan fingerprint density at radius 3 is 3.00 bits per heavy atom. The molecule has 0 aromatic rings. The van der Waals surface area contributed by atoms with Crippen LogP contribution >= 0.6 is 0 Å². The molecule has 0 bridgehead atoms. The summed E-state index contributed by atoms with van der Waals surface area (Å²) in [6.07, 6.45) is 3.31. The Morgan fingerprint density at radius 1 is 1.62 bits per heavy atom. The Labute approximate surface area is 79.5 Å². The van der Waals surface area contributed by atoms with Gasteiger partial charge >= 0.3 is 0 Å². The van der Waals surface area contributed by atoms with Crippen molar-refractivity contribution in [2.45, 2.75) is 25.3 Å². The molecule has 4 heteroatoms. The number of hydrogen-bond acceptors (Lipinski definition) is 3. The van der Waals surface area contributed by atoms with Crippen molar-refractivity contribution in [1.82, 2.24) is 10.2 Å². The average molecular weight is 185 g/mol. The summed E-state index contributed by atoms with van der Waals surface area (Å²) >= 11 is 0. The van der Waals surface area contributed by atoms with Gasteiger partial charge in [0.15, 0.2) is 0 Å². The summed E-state index contributed by atoms with van der Waals surface area (Å²) in [5.41, 5.74) is 5.49. The second-order valence-corrected chi connectivity index (χ2v) is 3.45. The largest absolute Gasteiger partial charge is 0.358 e. The van der Waals surface area contributed by atoms with Crippen molar-refractivity contribution in [2.75, 3.05) is 26.7 Å². The van der Waals surface area contributed by atoms with Crippen LogP contribution in [0.5, 0.6) is 0 Å². The first-order valence-electron chi connectivity index (χ1n) is 4.95. The quantitative estimate of drug-likeness (QED) is 0.626. The third kappa shape index (κ3) is 2.67. The van der Waals surface area contributed by atoms with Gasteiger partial charge in [-0.25, -0.2) is 0 Å². The van der Waals surface area contributed by atoms with Crippen molar-refractivity contribution in [3.8, 4) is 0 Å². The van der Waals surface area contributed by atoms with Crippen LogP contribution in [-0.4, -0.2) is 43.5 Å². The van der Waals surface area contributed by atoms with E-state index in [0.29, 0.717) is 6.54 Å². The Balaban J connectivity index is 2.50. The van der Waals surface area contributed by atoms with Gasteiger partial charge in [0.1, 0.15) is 0 Å². The number of nitrogens with zero attached hydrogens (tertiary/aromatic N) is 1. The van der Waals surface area contributed by atoms with E-state index >= 15 is 0 Å². The first-order chi connectivity index (χ1) is 6.29. The van der Waals surface area contributed by atoms with Crippen LogP contribution in [-0.2, 0) is 4.79 Å². The van der Waals surface area contributed by atoms with Crippen LogP contribution in [0.15, 0.2) is 0 Å². The summed E-state index contributed by atoms with van der Waals surface area (Å²) < 4.78 is 0. The molecule has 0 radical (unpaired) electrons. The van der Waals surface area contributed by atoms with Crippen LogP contribution in [0.1, 0.15) is 19.3 Å². The van der Waals surface area contributed by atoms with Crippen molar-refractivity contribution in [3.05, 3.63) is 0 Å². The summed E-state index contributed by atoms with van der Waals surface area (Å²) in [5, 5.41) is 2.70. The van der Waals surface area contributed by atoms with E-state index in [2.05, 4.69) is 10.2 Å². The van der Waals surface area contributed by atoms with Gasteiger partial charge in [-0.3, -0.25) is 9.69 Å². The standard InChI is InChI=1S/C9H19N3O/c1-11-9(13)8-4-2-3-6-12(8)7-5-10/h8H,2-7,10H2,1H3,(H,11,13). The Hall–Kier alpha value is -0.610. The van der Waals surface area contributed by atoms with Crippen LogP contribution in [0.2, 0.25) is 0 Å². The second kappa shape index (κ2) is 5.19. The summed E-state index contributed by atoms with van der Waals surface area (Å²) in [5.74, 6) is 0.133. The number of carbonyl (C=O) groups is 1. The highest BCUT2D eigenvalue weighted by Gasteiger charge is 2.26. The predicted molar refractivity (Wildman–Crippen MR) is 52.3 cm³/mol. The van der Waals surface area contributed by atoms with E-state index in [-0.39, 0.29) is 11.9 Å². The molecule has 13 heavy (non-hydrogen) atoms. The molecular weight excluding hydrogens is 166 g/mol. The molecule has 1 fully saturated rings. The lowest BCUT2D eigenvalue weighted by atomic mass is 10.0. The third-order valence-electron chi connectivity index (χ3n) is 2.58. The molecule has 3 N–H and O–H groups in total. The number of hydrogen-bond donors (Lipinski definition) is 2. The lowest BCUT2D eigenvalue weighted by molar-refractivity contribution is -0.127. The summed E-state index contributed by atoms with van der Waals surface area (Å²) in [7, 11) is 1.69. The Kier molecular flexibility index (Phi) is 4.18. The highest BCUT2D eigenvalue weighted by atomic mass is 16.2. The maximum absolute atomic E-state index is 11.5. The number of nitrogens with two attached hydrogens (primary N) is 1. The molecule has 0 aromatic heterocycles. The maximum atomic E-state index is 11.5. The molecule has 0 aliphatic carbocycles. The van der Waals surface area contributed by atoms with Crippen molar-refractivity contribution in [3.63, 3.8) is 0 Å². The molecule has 1 amide bonds. The number of carbonyl (C=O) groups excluding carboxylic acids is 1. The zero-order valence-corrected chi connectivity index (χ0v) is 8.25. The van der Waals surface area contributed by atoms with Gasteiger partial charge in [0.2, 0.25) is 5.91 Å². The van der Waals surface area contributed by atoms with Gasteiger partial charge in [-0.15, -0.1) is 0 Å². The lowest BCUT2D eigenvalue weighted by Gasteiger charge is -2.33. The van der Waals surface area contributed by atoms with Gasteiger partial charge in [-0.2, -0.15) is 0 Å². The fourth-order valence-electron chi connectivity index (χ4n) is 1.89. The molecule has 1 saturated heterocycles. The number of piperidine rings is 1. The van der Waals surface area contributed by atoms with Crippen LogP contribution < -0.4 is 11.1 Å². The number of nitrogens with one attached hydrogen (secondary N) is 1. The van der Waals surface area contributed by atoms with Crippen LogP contribution in [0, 0.1) is 0 Å². The summed E-state index contributed by atoms with van der Waals surface area (Å²) in [6, 6.07) is 0.0577. The fourth-order valence-corrected chi connectivity index (χ4v) is 1.89. The second-order valence-electron chi connectivity index (χ2n) is 3.45. The van der Waals surface area contributed by atoms with Gasteiger partial charge in [0.05, 0.1) is 6.04 Å². The smallest absolute Gasteiger partial charge is 0.237 e. The number of likely N-dealkylation sites (N-methyl/N-ethyl adjacent to an activating group) is 1. The first kappa shape index (κ1) is 10.5. The minimum atomic E-state index is 0.0577. The van der Waals surface area contributed by atoms with Gasteiger partial charge in [0.25, 0.3) is 0 Å². The zero-order chi connectivity index (χ0) is 9.68. The van der Waals surface area contributed by atoms with Crippen molar-refractivity contribution < 1.29 is 4.79 Å². The molecule has 76 valence electrons. The van der Waals surface area contributed by atoms with Crippen molar-refractivity contribution >= 4 is 5.91 Å². The van der Waals surface area contributed by atoms with E-state index in [1.165, 1.54) is 6.42 Å². The summed E-state index contributed by atoms with van der Waals surface area (Å²) in [6.45, 7) is 2.47. The monoisotopic (exact) mass is 185 g/mol. The van der Waals surface area contributed by atoms with Crippen molar-refractivity contribution in [1.29, 1.82) is 0 Å². The Morgan fingerprint density at radius 2 is 2.38 bits per heavy atom. The normalized spacial score (nSPS) is 24.3. The topological polar surface area (TPSA) is 58.4 Å². The maximum Gasteiger partial charge on any atom is 0.237 e. The highest BCUT2D eigenvalue weighted by molar-refractivity contribution is 5.81. The molecule has 4 nitrogen and oxygen atoms in total. The first-order valence-corrected chi connectivity index (χ1v) is 4.95. The zero-order valence-electron chi connectivity index (χ0n) is 8.25. The molecule has 1 atom stereocenters. The average Bonchev–Trinajstić information content (AvgIpc) is 2.18. The van der Waals surface area contributed by atoms with Crippen molar-refractivity contribution in [2.24, 2.45) is 5.73 Å². The molecule has 1 aliphatic heterocycles. The van der Waals surface area contributed by atoms with Gasteiger partial charge in [-0.05, 0) is 19.4 Å². The molecule has 0 aromatic carbocycles. The SMILES string of the molecule is CNC(=O)C1CCCCN1CCN. The van der Waals surface area contributed by atoms with Gasteiger partial charge in [-0.1, -0.05) is 6.42 Å². The van der Waals surface area contributed by atoms with E-state index in [1.54, 1.807) is 7.05 Å². The minimum absolute atomic E-state index is 0.0577. The van der Waals surface area contributed by atoms with Crippen LogP contribution in [0.4, 0.5) is 0 Å². The van der Waals surface area contributed by atoms with E-state index < -0.39 is 0 Å². The number of rotatable bonds is 3. The van der Waals surface area contributed by atoms with E-state index in [0.717, 1.165) is 25.9 Å². The third-order valence-corrected chi connectivity index (χ3v) is 2.58.